The molecule has 0 heterocycles. The number of nitrogens with zero attached hydrogens (tertiary/aromatic N) is 1. The van der Waals surface area contributed by atoms with E-state index < -0.39 is 27.3 Å². The Balaban J connectivity index is 2.62. The van der Waals surface area contributed by atoms with Crippen LogP contribution in [0.4, 0.5) is 4.79 Å². The van der Waals surface area contributed by atoms with E-state index in [1.54, 1.807) is 31.2 Å². The highest BCUT2D eigenvalue weighted by Gasteiger charge is 2.41. The quantitative estimate of drug-likeness (QED) is 0.490. The van der Waals surface area contributed by atoms with Crippen molar-refractivity contribution in [2.45, 2.75) is 69.9 Å². The number of benzene rings is 2. The van der Waals surface area contributed by atoms with Gasteiger partial charge in [0.15, 0.2) is 0 Å². The first-order chi connectivity index (χ1) is 14.5. The Morgan fingerprint density at radius 3 is 1.90 bits per heavy atom. The van der Waals surface area contributed by atoms with E-state index in [9.17, 15) is 13.2 Å². The van der Waals surface area contributed by atoms with Crippen molar-refractivity contribution in [1.29, 1.82) is 0 Å². The SMILES string of the molecule is C=C(C)[C@@H](c1ccccc1)[C@@H](OC(=O)N(C(C)C)C(C)C)S(=O)(=O)c1ccc(C)cc1. The van der Waals surface area contributed by atoms with Crippen molar-refractivity contribution >= 4 is 15.9 Å². The minimum absolute atomic E-state index is 0.110. The monoisotopic (exact) mass is 443 g/mol. The lowest BCUT2D eigenvalue weighted by Gasteiger charge is -2.34. The van der Waals surface area contributed by atoms with Crippen LogP contribution in [-0.2, 0) is 14.6 Å². The van der Waals surface area contributed by atoms with Gasteiger partial charge in [0.05, 0.1) is 10.8 Å². The van der Waals surface area contributed by atoms with Crippen molar-refractivity contribution in [1.82, 2.24) is 4.90 Å². The highest BCUT2D eigenvalue weighted by Crippen LogP contribution is 2.35. The molecule has 0 radical (unpaired) electrons. The van der Waals surface area contributed by atoms with Crippen LogP contribution in [0.5, 0.6) is 0 Å². The molecule has 0 saturated heterocycles. The maximum Gasteiger partial charge on any atom is 0.411 e. The van der Waals surface area contributed by atoms with Gasteiger partial charge in [0.1, 0.15) is 0 Å². The maximum absolute atomic E-state index is 13.7. The van der Waals surface area contributed by atoms with E-state index in [1.807, 2.05) is 65.0 Å². The van der Waals surface area contributed by atoms with Gasteiger partial charge in [0.25, 0.3) is 0 Å². The molecule has 0 unspecified atom stereocenters. The van der Waals surface area contributed by atoms with E-state index in [-0.39, 0.29) is 17.0 Å². The zero-order chi connectivity index (χ0) is 23.3. The van der Waals surface area contributed by atoms with Gasteiger partial charge in [0, 0.05) is 12.1 Å². The van der Waals surface area contributed by atoms with Crippen molar-refractivity contribution in [2.24, 2.45) is 0 Å². The van der Waals surface area contributed by atoms with Crippen molar-refractivity contribution < 1.29 is 17.9 Å². The Morgan fingerprint density at radius 1 is 0.935 bits per heavy atom. The third-order valence-electron chi connectivity index (χ3n) is 5.16. The van der Waals surface area contributed by atoms with Crippen LogP contribution in [0.15, 0.2) is 71.6 Å². The second kappa shape index (κ2) is 10.1. The highest BCUT2D eigenvalue weighted by molar-refractivity contribution is 7.92. The van der Waals surface area contributed by atoms with Crippen LogP contribution >= 0.6 is 0 Å². The van der Waals surface area contributed by atoms with E-state index in [4.69, 9.17) is 4.74 Å². The zero-order valence-electron chi connectivity index (χ0n) is 19.2. The van der Waals surface area contributed by atoms with Crippen LogP contribution in [0.25, 0.3) is 0 Å². The van der Waals surface area contributed by atoms with Gasteiger partial charge in [-0.25, -0.2) is 13.2 Å². The largest absolute Gasteiger partial charge is 0.428 e. The summed E-state index contributed by atoms with van der Waals surface area (Å²) in [5.41, 5.74) is 0.824. The van der Waals surface area contributed by atoms with Crippen LogP contribution in [0, 0.1) is 6.92 Å². The van der Waals surface area contributed by atoms with Crippen LogP contribution in [0.3, 0.4) is 0 Å². The summed E-state index contributed by atoms with van der Waals surface area (Å²) < 4.78 is 33.2. The molecule has 1 amide bonds. The van der Waals surface area contributed by atoms with Gasteiger partial charge in [-0.15, -0.1) is 0 Å². The summed E-state index contributed by atoms with van der Waals surface area (Å²) in [6.45, 7) is 15.2. The fourth-order valence-electron chi connectivity index (χ4n) is 3.69. The standard InChI is InChI=1S/C25H33NO4S/c1-17(2)23(21-11-9-8-10-12-21)24(30-25(27)26(18(3)4)19(5)6)31(28,29)22-15-13-20(7)14-16-22/h8-16,18-19,23-24H,1H2,2-7H3/t23-,24-/m0/s1. The lowest BCUT2D eigenvalue weighted by molar-refractivity contribution is 0.0641. The van der Waals surface area contributed by atoms with Gasteiger partial charge in [-0.3, -0.25) is 0 Å². The molecule has 31 heavy (non-hydrogen) atoms. The summed E-state index contributed by atoms with van der Waals surface area (Å²) in [7, 11) is -4.02. The second-order valence-electron chi connectivity index (χ2n) is 8.44. The molecule has 5 nitrogen and oxygen atoms in total. The number of sulfone groups is 1. The van der Waals surface area contributed by atoms with Crippen LogP contribution in [0.1, 0.15) is 51.7 Å². The van der Waals surface area contributed by atoms with Crippen molar-refractivity contribution in [3.8, 4) is 0 Å². The number of ether oxygens (including phenoxy) is 1. The third kappa shape index (κ3) is 5.76. The molecule has 0 spiro atoms. The first-order valence-corrected chi connectivity index (χ1v) is 12.0. The third-order valence-corrected chi connectivity index (χ3v) is 7.07. The topological polar surface area (TPSA) is 63.7 Å². The molecular formula is C25H33NO4S. The van der Waals surface area contributed by atoms with E-state index >= 15 is 0 Å². The van der Waals surface area contributed by atoms with Gasteiger partial charge in [0.2, 0.25) is 15.3 Å². The first kappa shape index (κ1) is 24.7. The molecular weight excluding hydrogens is 410 g/mol. The zero-order valence-corrected chi connectivity index (χ0v) is 20.0. The lowest BCUT2D eigenvalue weighted by atomic mass is 9.93. The van der Waals surface area contributed by atoms with Crippen LogP contribution < -0.4 is 0 Å². The first-order valence-electron chi connectivity index (χ1n) is 10.5. The summed E-state index contributed by atoms with van der Waals surface area (Å²) in [5, 5.41) is 0. The van der Waals surface area contributed by atoms with Gasteiger partial charge in [-0.2, -0.15) is 0 Å². The Bertz CT molecular complexity index is 988. The molecule has 2 aromatic rings. The number of carbonyl (C=O) groups is 1. The molecule has 0 bridgehead atoms. The number of hydrogen-bond acceptors (Lipinski definition) is 4. The molecule has 168 valence electrons. The van der Waals surface area contributed by atoms with E-state index in [1.165, 1.54) is 4.90 Å². The molecule has 0 N–H and O–H groups in total. The Labute approximate surface area is 186 Å². The summed E-state index contributed by atoms with van der Waals surface area (Å²) >= 11 is 0. The van der Waals surface area contributed by atoms with Crippen LogP contribution in [0.2, 0.25) is 0 Å². The fraction of sp³-hybridized carbons (Fsp3) is 0.400. The van der Waals surface area contributed by atoms with Crippen molar-refractivity contribution in [3.05, 3.63) is 77.9 Å². The minimum atomic E-state index is -4.02. The molecule has 0 aliphatic heterocycles. The second-order valence-corrected chi connectivity index (χ2v) is 10.5. The Morgan fingerprint density at radius 2 is 1.45 bits per heavy atom. The van der Waals surface area contributed by atoms with Gasteiger partial charge >= 0.3 is 6.09 Å². The van der Waals surface area contributed by atoms with E-state index in [0.717, 1.165) is 11.1 Å². The van der Waals surface area contributed by atoms with E-state index in [2.05, 4.69) is 6.58 Å². The molecule has 0 aliphatic carbocycles. The number of hydrogen-bond donors (Lipinski definition) is 0. The molecule has 0 aromatic heterocycles. The predicted octanol–water partition coefficient (Wildman–Crippen LogP) is 5.71. The summed E-state index contributed by atoms with van der Waals surface area (Å²) in [6, 6.07) is 15.5. The Hall–Kier alpha value is -2.60. The van der Waals surface area contributed by atoms with Crippen molar-refractivity contribution in [2.75, 3.05) is 0 Å². The maximum atomic E-state index is 13.7. The molecule has 6 heteroatoms. The molecule has 2 aromatic carbocycles. The Kier molecular flexibility index (Phi) is 8.07. The summed E-state index contributed by atoms with van der Waals surface area (Å²) in [5.74, 6) is -0.711. The average Bonchev–Trinajstić information content (AvgIpc) is 2.67. The number of aryl methyl sites for hydroxylation is 1. The number of amides is 1. The molecule has 2 rings (SSSR count). The molecule has 0 saturated carbocycles. The smallest absolute Gasteiger partial charge is 0.411 e. The van der Waals surface area contributed by atoms with Gasteiger partial charge in [-0.05, 0) is 59.2 Å². The predicted molar refractivity (Wildman–Crippen MR) is 125 cm³/mol. The number of rotatable bonds is 8. The lowest BCUT2D eigenvalue weighted by Crippen LogP contribution is -2.46. The number of carbonyl (C=O) groups excluding carboxylic acids is 1. The average molecular weight is 444 g/mol. The molecule has 0 fully saturated rings. The van der Waals surface area contributed by atoms with Crippen LogP contribution in [-0.4, -0.2) is 36.9 Å². The molecule has 2 atom stereocenters. The minimum Gasteiger partial charge on any atom is -0.428 e. The van der Waals surface area contributed by atoms with Gasteiger partial charge < -0.3 is 9.64 Å². The van der Waals surface area contributed by atoms with E-state index in [0.29, 0.717) is 5.57 Å². The summed E-state index contributed by atoms with van der Waals surface area (Å²) in [6.07, 6.45) is -0.659. The summed E-state index contributed by atoms with van der Waals surface area (Å²) in [4.78, 5) is 14.8. The normalized spacial score (nSPS) is 13.7. The van der Waals surface area contributed by atoms with Crippen molar-refractivity contribution in [3.63, 3.8) is 0 Å². The van der Waals surface area contributed by atoms with Gasteiger partial charge in [-0.1, -0.05) is 60.2 Å². The highest BCUT2D eigenvalue weighted by atomic mass is 32.2. The fourth-order valence-corrected chi connectivity index (χ4v) is 5.43. The molecule has 0 aliphatic rings.